The second kappa shape index (κ2) is 7.39. The Morgan fingerprint density at radius 2 is 1.65 bits per heavy atom. The molecule has 0 N–H and O–H groups in total. The first kappa shape index (κ1) is 17.2. The van der Waals surface area contributed by atoms with Crippen molar-refractivity contribution in [2.45, 2.75) is 25.2 Å². The molecule has 0 saturated heterocycles. The summed E-state index contributed by atoms with van der Waals surface area (Å²) in [7, 11) is -3.89. The molecule has 0 bridgehead atoms. The maximum atomic E-state index is 12.6. The Kier molecular flexibility index (Phi) is 5.52. The summed E-state index contributed by atoms with van der Waals surface area (Å²) >= 11 is 0. The van der Waals surface area contributed by atoms with Crippen molar-refractivity contribution in [1.82, 2.24) is 4.47 Å². The predicted molar refractivity (Wildman–Crippen MR) is 87.2 cm³/mol. The highest BCUT2D eigenvalue weighted by molar-refractivity contribution is 7.89. The van der Waals surface area contributed by atoms with Gasteiger partial charge in [-0.25, -0.2) is 13.2 Å². The van der Waals surface area contributed by atoms with E-state index in [0.29, 0.717) is 12.0 Å². The number of benzene rings is 2. The zero-order valence-corrected chi connectivity index (χ0v) is 13.9. The van der Waals surface area contributed by atoms with Crippen molar-refractivity contribution < 1.29 is 18.0 Å². The Morgan fingerprint density at radius 3 is 2.22 bits per heavy atom. The van der Waals surface area contributed by atoms with Crippen molar-refractivity contribution >= 4 is 16.0 Å². The third-order valence-corrected chi connectivity index (χ3v) is 4.85. The van der Waals surface area contributed by atoms with Crippen molar-refractivity contribution in [1.29, 1.82) is 0 Å². The fourth-order valence-electron chi connectivity index (χ4n) is 1.94. The maximum absolute atomic E-state index is 12.6. The molecule has 0 aliphatic carbocycles. The molecular weight excluding hydrogens is 314 g/mol. The maximum Gasteiger partial charge on any atom is 0.357 e. The van der Waals surface area contributed by atoms with Gasteiger partial charge in [0.2, 0.25) is 0 Å². The second-order valence-electron chi connectivity index (χ2n) is 5.09. The van der Waals surface area contributed by atoms with Gasteiger partial charge in [-0.15, -0.1) is 0 Å². The highest BCUT2D eigenvalue weighted by Gasteiger charge is 2.28. The van der Waals surface area contributed by atoms with Crippen LogP contribution in [0.1, 0.15) is 29.3 Å². The molecule has 0 atom stereocenters. The highest BCUT2D eigenvalue weighted by atomic mass is 32.2. The van der Waals surface area contributed by atoms with Crippen molar-refractivity contribution in [2.75, 3.05) is 6.54 Å². The van der Waals surface area contributed by atoms with Gasteiger partial charge in [-0.05, 0) is 42.1 Å². The van der Waals surface area contributed by atoms with Crippen LogP contribution >= 0.6 is 0 Å². The number of carbonyl (C=O) groups excluding carboxylic acids is 1. The molecule has 122 valence electrons. The molecule has 2 aromatic rings. The van der Waals surface area contributed by atoms with E-state index < -0.39 is 16.0 Å². The molecule has 0 amide bonds. The van der Waals surface area contributed by atoms with Crippen LogP contribution in [0, 0.1) is 6.92 Å². The van der Waals surface area contributed by atoms with Gasteiger partial charge >= 0.3 is 5.97 Å². The van der Waals surface area contributed by atoms with Gasteiger partial charge in [0.25, 0.3) is 10.0 Å². The summed E-state index contributed by atoms with van der Waals surface area (Å²) in [6.45, 7) is 3.78. The molecule has 0 spiro atoms. The molecule has 2 aromatic carbocycles. The first-order chi connectivity index (χ1) is 10.9. The summed E-state index contributed by atoms with van der Waals surface area (Å²) in [4.78, 5) is 17.4. The first-order valence-electron chi connectivity index (χ1n) is 7.32. The molecule has 0 saturated carbocycles. The Hall–Kier alpha value is -2.18. The van der Waals surface area contributed by atoms with Gasteiger partial charge in [-0.1, -0.05) is 42.8 Å². The fourth-order valence-corrected chi connectivity index (χ4v) is 3.25. The van der Waals surface area contributed by atoms with E-state index in [4.69, 9.17) is 4.84 Å². The molecule has 23 heavy (non-hydrogen) atoms. The lowest BCUT2D eigenvalue weighted by Gasteiger charge is -2.20. The lowest BCUT2D eigenvalue weighted by molar-refractivity contribution is -0.0443. The van der Waals surface area contributed by atoms with Crippen LogP contribution in [0.2, 0.25) is 0 Å². The van der Waals surface area contributed by atoms with E-state index in [9.17, 15) is 13.2 Å². The van der Waals surface area contributed by atoms with Crippen molar-refractivity contribution in [3.63, 3.8) is 0 Å². The summed E-state index contributed by atoms with van der Waals surface area (Å²) in [5, 5.41) is 0. The minimum absolute atomic E-state index is 0.0920. The van der Waals surface area contributed by atoms with Gasteiger partial charge in [0, 0.05) is 0 Å². The van der Waals surface area contributed by atoms with Crippen molar-refractivity contribution in [2.24, 2.45) is 0 Å². The molecule has 0 unspecified atom stereocenters. The molecule has 6 heteroatoms. The van der Waals surface area contributed by atoms with E-state index in [2.05, 4.69) is 0 Å². The minimum atomic E-state index is -3.89. The Morgan fingerprint density at radius 1 is 1.04 bits per heavy atom. The van der Waals surface area contributed by atoms with Gasteiger partial charge in [-0.2, -0.15) is 0 Å². The van der Waals surface area contributed by atoms with Crippen molar-refractivity contribution in [3.8, 4) is 0 Å². The molecule has 0 aliphatic rings. The van der Waals surface area contributed by atoms with Crippen LogP contribution in [0.15, 0.2) is 59.5 Å². The predicted octanol–water partition coefficient (Wildman–Crippen LogP) is 3.17. The molecule has 2 rings (SSSR count). The molecule has 0 heterocycles. The van der Waals surface area contributed by atoms with Gasteiger partial charge in [0.1, 0.15) is 0 Å². The number of carbonyl (C=O) groups is 1. The summed E-state index contributed by atoms with van der Waals surface area (Å²) in [6, 6.07) is 14.7. The first-order valence-corrected chi connectivity index (χ1v) is 8.76. The second-order valence-corrected chi connectivity index (χ2v) is 6.92. The molecule has 0 radical (unpaired) electrons. The van der Waals surface area contributed by atoms with E-state index in [1.807, 2.05) is 13.8 Å². The van der Waals surface area contributed by atoms with Gasteiger partial charge in [0.05, 0.1) is 17.0 Å². The van der Waals surface area contributed by atoms with E-state index in [1.54, 1.807) is 42.5 Å². The topological polar surface area (TPSA) is 63.7 Å². The molecular formula is C17H19NO4S. The van der Waals surface area contributed by atoms with Crippen LogP contribution in [-0.4, -0.2) is 25.4 Å². The normalized spacial score (nSPS) is 11.4. The average molecular weight is 333 g/mol. The SMILES string of the molecule is CCCN(OC(=O)c1ccccc1)S(=O)(=O)c1ccc(C)cc1. The third-order valence-electron chi connectivity index (χ3n) is 3.19. The lowest BCUT2D eigenvalue weighted by Crippen LogP contribution is -2.34. The number of hydroxylamine groups is 1. The van der Waals surface area contributed by atoms with E-state index >= 15 is 0 Å². The standard InChI is InChI=1S/C17H19NO4S/c1-3-13-18(22-17(19)15-7-5-4-6-8-15)23(20,21)16-11-9-14(2)10-12-16/h4-12H,3,13H2,1-2H3. The minimum Gasteiger partial charge on any atom is -0.348 e. The molecule has 0 aromatic heterocycles. The third kappa shape index (κ3) is 4.18. The molecule has 0 aliphatic heterocycles. The lowest BCUT2D eigenvalue weighted by atomic mass is 10.2. The van der Waals surface area contributed by atoms with Gasteiger partial charge in [-0.3, -0.25) is 0 Å². The fraction of sp³-hybridized carbons (Fsp3) is 0.235. The van der Waals surface area contributed by atoms with Gasteiger partial charge < -0.3 is 4.84 Å². The Balaban J connectivity index is 2.27. The van der Waals surface area contributed by atoms with E-state index in [1.165, 1.54) is 12.1 Å². The Bertz CT molecular complexity index is 755. The summed E-state index contributed by atoms with van der Waals surface area (Å²) in [5.74, 6) is -0.699. The Labute approximate surface area is 136 Å². The van der Waals surface area contributed by atoms with Crippen LogP contribution in [0.3, 0.4) is 0 Å². The van der Waals surface area contributed by atoms with Crippen LogP contribution in [0.25, 0.3) is 0 Å². The van der Waals surface area contributed by atoms with E-state index in [0.717, 1.165) is 10.0 Å². The quantitative estimate of drug-likeness (QED) is 0.762. The van der Waals surface area contributed by atoms with Crippen LogP contribution < -0.4 is 0 Å². The number of sulfonamides is 1. The van der Waals surface area contributed by atoms with Gasteiger partial charge in [0.15, 0.2) is 0 Å². The van der Waals surface area contributed by atoms with Crippen LogP contribution in [0.4, 0.5) is 0 Å². The number of hydrogen-bond donors (Lipinski definition) is 0. The smallest absolute Gasteiger partial charge is 0.348 e. The number of nitrogens with zero attached hydrogens (tertiary/aromatic N) is 1. The largest absolute Gasteiger partial charge is 0.357 e. The summed E-state index contributed by atoms with van der Waals surface area (Å²) in [5.41, 5.74) is 1.25. The number of aryl methyl sites for hydroxylation is 1. The molecule has 0 fully saturated rings. The monoisotopic (exact) mass is 333 g/mol. The summed E-state index contributed by atoms with van der Waals surface area (Å²) in [6.07, 6.45) is 0.521. The number of rotatable bonds is 6. The average Bonchev–Trinajstić information content (AvgIpc) is 2.55. The van der Waals surface area contributed by atoms with Crippen LogP contribution in [-0.2, 0) is 14.9 Å². The number of hydrogen-bond acceptors (Lipinski definition) is 4. The zero-order chi connectivity index (χ0) is 16.9. The van der Waals surface area contributed by atoms with Crippen molar-refractivity contribution in [3.05, 3.63) is 65.7 Å². The van der Waals surface area contributed by atoms with Crippen LogP contribution in [0.5, 0.6) is 0 Å². The summed E-state index contributed by atoms with van der Waals surface area (Å²) < 4.78 is 26.1. The highest BCUT2D eigenvalue weighted by Crippen LogP contribution is 2.18. The molecule has 5 nitrogen and oxygen atoms in total. The zero-order valence-electron chi connectivity index (χ0n) is 13.1. The van der Waals surface area contributed by atoms with E-state index in [-0.39, 0.29) is 11.4 Å².